The molecule has 5 aromatic rings. The molecular formula is C28H25N3O. The number of imidazole rings is 1. The van der Waals surface area contributed by atoms with Crippen LogP contribution in [0, 0.1) is 20.8 Å². The summed E-state index contributed by atoms with van der Waals surface area (Å²) in [5.41, 5.74) is 7.70. The van der Waals surface area contributed by atoms with E-state index < -0.39 is 6.98 Å². The van der Waals surface area contributed by atoms with Crippen molar-refractivity contribution in [2.24, 2.45) is 6.98 Å². The number of phenolic OH excluding ortho intramolecular Hbond substituents is 1. The van der Waals surface area contributed by atoms with Crippen LogP contribution in [-0.2, 0) is 6.98 Å². The van der Waals surface area contributed by atoms with E-state index in [0.717, 1.165) is 33.5 Å². The zero-order chi connectivity index (χ0) is 24.9. The minimum absolute atomic E-state index is 0.0328. The number of aromatic hydroxyl groups is 1. The number of benzene rings is 3. The van der Waals surface area contributed by atoms with E-state index in [9.17, 15) is 5.11 Å². The van der Waals surface area contributed by atoms with E-state index in [4.69, 9.17) is 9.10 Å². The van der Waals surface area contributed by atoms with Crippen molar-refractivity contribution in [2.75, 3.05) is 0 Å². The summed E-state index contributed by atoms with van der Waals surface area (Å²) in [6.07, 6.45) is 1.79. The van der Waals surface area contributed by atoms with Gasteiger partial charge in [-0.3, -0.25) is 4.98 Å². The van der Waals surface area contributed by atoms with Crippen LogP contribution in [0.4, 0.5) is 0 Å². The number of aryl methyl sites for hydroxylation is 4. The molecule has 4 heteroatoms. The normalized spacial score (nSPS) is 13.0. The van der Waals surface area contributed by atoms with Crippen LogP contribution in [-0.4, -0.2) is 19.6 Å². The highest BCUT2D eigenvalue weighted by atomic mass is 16.3. The van der Waals surface area contributed by atoms with E-state index in [1.165, 1.54) is 4.57 Å². The lowest BCUT2D eigenvalue weighted by Gasteiger charge is -2.09. The van der Waals surface area contributed by atoms with Crippen molar-refractivity contribution in [1.29, 1.82) is 0 Å². The molecule has 0 saturated carbocycles. The minimum Gasteiger partial charge on any atom is -0.507 e. The molecule has 0 bridgehead atoms. The molecule has 5 rings (SSSR count). The molecule has 3 aromatic carbocycles. The van der Waals surface area contributed by atoms with Crippen molar-refractivity contribution >= 4 is 11.0 Å². The first-order valence-electron chi connectivity index (χ1n) is 12.0. The van der Waals surface area contributed by atoms with Crippen molar-refractivity contribution in [3.63, 3.8) is 0 Å². The number of aromatic nitrogens is 3. The number of para-hydroxylation sites is 1. The molecule has 0 aliphatic rings. The van der Waals surface area contributed by atoms with Crippen LogP contribution in [0.25, 0.3) is 44.8 Å². The van der Waals surface area contributed by atoms with E-state index in [0.29, 0.717) is 22.2 Å². The quantitative estimate of drug-likeness (QED) is 0.356. The Morgan fingerprint density at radius 3 is 2.47 bits per heavy atom. The first-order valence-corrected chi connectivity index (χ1v) is 10.5. The maximum Gasteiger partial charge on any atom is 0.144 e. The van der Waals surface area contributed by atoms with Gasteiger partial charge in [0.2, 0.25) is 0 Å². The van der Waals surface area contributed by atoms with Crippen LogP contribution >= 0.6 is 0 Å². The van der Waals surface area contributed by atoms with Gasteiger partial charge in [0, 0.05) is 28.4 Å². The minimum atomic E-state index is -2.49. The van der Waals surface area contributed by atoms with E-state index in [-0.39, 0.29) is 11.6 Å². The molecular weight excluding hydrogens is 394 g/mol. The third kappa shape index (κ3) is 3.34. The molecule has 0 aliphatic carbocycles. The molecule has 0 unspecified atom stereocenters. The smallest absolute Gasteiger partial charge is 0.144 e. The average Bonchev–Trinajstić information content (AvgIpc) is 3.21. The van der Waals surface area contributed by atoms with Crippen LogP contribution in [0.3, 0.4) is 0 Å². The van der Waals surface area contributed by atoms with Gasteiger partial charge in [-0.05, 0) is 73.4 Å². The summed E-state index contributed by atoms with van der Waals surface area (Å²) in [4.78, 5) is 9.31. The Balaban J connectivity index is 1.77. The second-order valence-electron chi connectivity index (χ2n) is 8.22. The summed E-state index contributed by atoms with van der Waals surface area (Å²) in [5.74, 6) is 0.249. The Hall–Kier alpha value is -3.92. The van der Waals surface area contributed by atoms with Gasteiger partial charge < -0.3 is 9.67 Å². The molecule has 2 heterocycles. The molecule has 32 heavy (non-hydrogen) atoms. The highest BCUT2D eigenvalue weighted by Crippen LogP contribution is 2.37. The van der Waals surface area contributed by atoms with E-state index in [1.54, 1.807) is 25.3 Å². The van der Waals surface area contributed by atoms with Gasteiger partial charge in [-0.15, -0.1) is 0 Å². The number of pyridine rings is 1. The molecule has 0 amide bonds. The molecule has 4 nitrogen and oxygen atoms in total. The van der Waals surface area contributed by atoms with Crippen molar-refractivity contribution in [3.05, 3.63) is 89.6 Å². The monoisotopic (exact) mass is 422 g/mol. The summed E-state index contributed by atoms with van der Waals surface area (Å²) in [5, 5.41) is 10.8. The standard InChI is InChI=1S/C28H25N3O/c1-17-11-12-29-24(15-17)21-8-5-7-20(16-21)22-9-6-10-25-26(22)30-28(31(25)4)23-14-18(2)13-19(3)27(23)32/h5-16,32H,1-4H3/i4D3. The summed E-state index contributed by atoms with van der Waals surface area (Å²) < 4.78 is 26.0. The Morgan fingerprint density at radius 2 is 1.66 bits per heavy atom. The first-order chi connectivity index (χ1) is 16.6. The van der Waals surface area contributed by atoms with Gasteiger partial charge in [0.25, 0.3) is 0 Å². The lowest BCUT2D eigenvalue weighted by atomic mass is 10.00. The van der Waals surface area contributed by atoms with Crippen molar-refractivity contribution < 1.29 is 9.22 Å². The Morgan fingerprint density at radius 1 is 0.844 bits per heavy atom. The second kappa shape index (κ2) is 7.65. The number of rotatable bonds is 3. The molecule has 158 valence electrons. The molecule has 0 fully saturated rings. The maximum absolute atomic E-state index is 10.8. The third-order valence-electron chi connectivity index (χ3n) is 5.76. The van der Waals surface area contributed by atoms with Crippen LogP contribution in [0.15, 0.2) is 72.9 Å². The highest BCUT2D eigenvalue weighted by Gasteiger charge is 2.18. The Bertz CT molecular complexity index is 1580. The number of fused-ring (bicyclic) bond motifs is 1. The van der Waals surface area contributed by atoms with E-state index >= 15 is 0 Å². The molecule has 1 N–H and O–H groups in total. The lowest BCUT2D eigenvalue weighted by Crippen LogP contribution is -1.94. The summed E-state index contributed by atoms with van der Waals surface area (Å²) in [6.45, 7) is 3.25. The molecule has 0 saturated heterocycles. The topological polar surface area (TPSA) is 50.9 Å². The van der Waals surface area contributed by atoms with Gasteiger partial charge in [-0.25, -0.2) is 4.98 Å². The van der Waals surface area contributed by atoms with Crippen molar-refractivity contribution in [1.82, 2.24) is 14.5 Å². The summed E-state index contributed by atoms with van der Waals surface area (Å²) >= 11 is 0. The van der Waals surface area contributed by atoms with Gasteiger partial charge in [-0.2, -0.15) is 0 Å². The van der Waals surface area contributed by atoms with Gasteiger partial charge in [-0.1, -0.05) is 36.4 Å². The van der Waals surface area contributed by atoms with E-state index in [2.05, 4.69) is 4.98 Å². The van der Waals surface area contributed by atoms with Gasteiger partial charge in [0.1, 0.15) is 11.6 Å². The van der Waals surface area contributed by atoms with Crippen molar-refractivity contribution in [3.8, 4) is 39.5 Å². The number of phenols is 1. The molecule has 0 atom stereocenters. The highest BCUT2D eigenvalue weighted by molar-refractivity contribution is 5.95. The van der Waals surface area contributed by atoms with E-state index in [1.807, 2.05) is 68.4 Å². The Labute approximate surface area is 192 Å². The van der Waals surface area contributed by atoms with Crippen LogP contribution in [0.2, 0.25) is 0 Å². The van der Waals surface area contributed by atoms with Gasteiger partial charge in [0.05, 0.1) is 22.3 Å². The average molecular weight is 423 g/mol. The third-order valence-corrected chi connectivity index (χ3v) is 5.76. The molecule has 2 aromatic heterocycles. The Kier molecular flexibility index (Phi) is 4.00. The zero-order valence-corrected chi connectivity index (χ0v) is 18.2. The van der Waals surface area contributed by atoms with Gasteiger partial charge >= 0.3 is 0 Å². The molecule has 0 aliphatic heterocycles. The number of nitrogens with zero attached hydrogens (tertiary/aromatic N) is 3. The maximum atomic E-state index is 10.8. The molecule has 0 radical (unpaired) electrons. The summed E-state index contributed by atoms with van der Waals surface area (Å²) in [7, 11) is 0. The predicted molar refractivity (Wildman–Crippen MR) is 131 cm³/mol. The summed E-state index contributed by atoms with van der Waals surface area (Å²) in [6, 6.07) is 21.1. The zero-order valence-electron chi connectivity index (χ0n) is 21.2. The van der Waals surface area contributed by atoms with Crippen molar-refractivity contribution in [2.45, 2.75) is 20.8 Å². The number of hydrogen-bond acceptors (Lipinski definition) is 3. The van der Waals surface area contributed by atoms with Crippen LogP contribution in [0.1, 0.15) is 20.8 Å². The first kappa shape index (κ1) is 16.7. The fourth-order valence-corrected chi connectivity index (χ4v) is 4.18. The predicted octanol–water partition coefficient (Wildman–Crippen LogP) is 6.60. The lowest BCUT2D eigenvalue weighted by molar-refractivity contribution is 0.472. The molecule has 0 spiro atoms. The fraction of sp³-hybridized carbons (Fsp3) is 0.143. The van der Waals surface area contributed by atoms with Crippen LogP contribution in [0.5, 0.6) is 5.75 Å². The second-order valence-corrected chi connectivity index (χ2v) is 8.22. The van der Waals surface area contributed by atoms with Crippen LogP contribution < -0.4 is 0 Å². The number of hydrogen-bond donors (Lipinski definition) is 1. The fourth-order valence-electron chi connectivity index (χ4n) is 4.18. The SMILES string of the molecule is [2H]C([2H])([2H])n1c(-c2cc(C)cc(C)c2O)nc2c(-c3cccc(-c4cc(C)ccn4)c3)cccc21. The largest absolute Gasteiger partial charge is 0.507 e. The van der Waals surface area contributed by atoms with Gasteiger partial charge in [0.15, 0.2) is 0 Å².